The highest BCUT2D eigenvalue weighted by Crippen LogP contribution is 2.12. The molecule has 0 radical (unpaired) electrons. The van der Waals surface area contributed by atoms with Gasteiger partial charge < -0.3 is 19.7 Å². The van der Waals surface area contributed by atoms with Crippen molar-refractivity contribution in [2.24, 2.45) is 14.1 Å². The molecule has 25 heavy (non-hydrogen) atoms. The first-order valence-electron chi connectivity index (χ1n) is 8.23. The molecule has 1 aliphatic rings. The van der Waals surface area contributed by atoms with Gasteiger partial charge in [-0.1, -0.05) is 0 Å². The van der Waals surface area contributed by atoms with Gasteiger partial charge in [-0.05, 0) is 20.5 Å². The quantitative estimate of drug-likeness (QED) is 0.672. The average molecular weight is 354 g/mol. The molecule has 2 heterocycles. The molecule has 0 saturated carbocycles. The molecule has 0 aliphatic carbocycles. The molecule has 9 nitrogen and oxygen atoms in total. The Balaban J connectivity index is 2.10. The molecule has 1 N–H and O–H groups in total. The second-order valence-electron chi connectivity index (χ2n) is 6.42. The van der Waals surface area contributed by atoms with Gasteiger partial charge in [0.15, 0.2) is 0 Å². The maximum absolute atomic E-state index is 12.5. The maximum atomic E-state index is 12.5. The van der Waals surface area contributed by atoms with Gasteiger partial charge in [0, 0.05) is 33.3 Å². The number of nitrogens with one attached hydrogen (secondary N) is 1. The molecular weight excluding hydrogens is 328 g/mol. The predicted octanol–water partition coefficient (Wildman–Crippen LogP) is -1.45. The van der Waals surface area contributed by atoms with Crippen molar-refractivity contribution < 1.29 is 14.3 Å². The molecule has 140 valence electrons. The lowest BCUT2D eigenvalue weighted by atomic mass is 10.1. The second-order valence-corrected chi connectivity index (χ2v) is 6.42. The molecule has 0 bridgehead atoms. The van der Waals surface area contributed by atoms with Crippen molar-refractivity contribution in [2.75, 3.05) is 40.5 Å². The van der Waals surface area contributed by atoms with Crippen molar-refractivity contribution in [3.8, 4) is 0 Å². The number of ether oxygens (including phenoxy) is 2. The van der Waals surface area contributed by atoms with Crippen LogP contribution in [0.4, 0.5) is 0 Å². The van der Waals surface area contributed by atoms with E-state index >= 15 is 0 Å². The normalized spacial score (nSPS) is 20.7. The van der Waals surface area contributed by atoms with Crippen LogP contribution in [0.1, 0.15) is 16.9 Å². The lowest BCUT2D eigenvalue weighted by molar-refractivity contribution is -0.0562. The van der Waals surface area contributed by atoms with Crippen LogP contribution in [-0.4, -0.2) is 72.5 Å². The fourth-order valence-corrected chi connectivity index (χ4v) is 2.63. The first-order chi connectivity index (χ1) is 11.8. The summed E-state index contributed by atoms with van der Waals surface area (Å²) >= 11 is 0. The molecule has 1 aromatic rings. The lowest BCUT2D eigenvalue weighted by Crippen LogP contribution is -2.52. The van der Waals surface area contributed by atoms with E-state index in [0.29, 0.717) is 26.2 Å². The minimum Gasteiger partial charge on any atom is -0.379 e. The Morgan fingerprint density at radius 3 is 2.76 bits per heavy atom. The van der Waals surface area contributed by atoms with Gasteiger partial charge in [-0.3, -0.25) is 18.7 Å². The van der Waals surface area contributed by atoms with Crippen LogP contribution in [0.15, 0.2) is 15.7 Å². The number of nitrogens with zero attached hydrogens (tertiary/aromatic N) is 3. The Morgan fingerprint density at radius 2 is 2.08 bits per heavy atom. The van der Waals surface area contributed by atoms with Crippen LogP contribution in [0.3, 0.4) is 0 Å². The number of carbonyl (C=O) groups is 1. The lowest BCUT2D eigenvalue weighted by Gasteiger charge is -2.32. The molecule has 0 spiro atoms. The molecule has 1 aromatic heterocycles. The van der Waals surface area contributed by atoms with Gasteiger partial charge in [0.2, 0.25) is 0 Å². The van der Waals surface area contributed by atoms with Crippen LogP contribution in [0.5, 0.6) is 0 Å². The van der Waals surface area contributed by atoms with Crippen molar-refractivity contribution >= 4 is 5.91 Å². The Hall–Kier alpha value is -1.97. The number of hydrogen-bond donors (Lipinski definition) is 1. The summed E-state index contributed by atoms with van der Waals surface area (Å²) in [6.07, 6.45) is 0.509. The number of carbonyl (C=O) groups excluding carboxylic acids is 1. The summed E-state index contributed by atoms with van der Waals surface area (Å²) < 4.78 is 13.4. The third kappa shape index (κ3) is 4.77. The van der Waals surface area contributed by atoms with Crippen LogP contribution in [0.2, 0.25) is 0 Å². The summed E-state index contributed by atoms with van der Waals surface area (Å²) in [4.78, 5) is 38.3. The molecule has 1 amide bonds. The van der Waals surface area contributed by atoms with Crippen LogP contribution in [-0.2, 0) is 23.6 Å². The van der Waals surface area contributed by atoms with Gasteiger partial charge in [-0.15, -0.1) is 0 Å². The highest BCUT2D eigenvalue weighted by molar-refractivity contribution is 5.92. The summed E-state index contributed by atoms with van der Waals surface area (Å²) in [5.41, 5.74) is -1.05. The molecule has 0 aromatic carbocycles. The molecule has 0 unspecified atom stereocenters. The summed E-state index contributed by atoms with van der Waals surface area (Å²) in [7, 11) is 6.75. The largest absolute Gasteiger partial charge is 0.379 e. The van der Waals surface area contributed by atoms with Crippen LogP contribution >= 0.6 is 0 Å². The van der Waals surface area contributed by atoms with Crippen molar-refractivity contribution in [3.63, 3.8) is 0 Å². The Bertz CT molecular complexity index is 724. The zero-order valence-electron chi connectivity index (χ0n) is 15.2. The van der Waals surface area contributed by atoms with E-state index in [2.05, 4.69) is 5.32 Å². The third-order valence-electron chi connectivity index (χ3n) is 4.24. The standard InChI is InChI=1S/C16H26N4O5/c1-18(2)6-8-25-13-5-7-24-10-11(13)17-15(22)12-9-14(21)20(4)16(23)19(12)3/h9,11,13H,5-8,10H2,1-4H3,(H,17,22)/t11-,13+/m0/s1. The zero-order valence-corrected chi connectivity index (χ0v) is 15.2. The summed E-state index contributed by atoms with van der Waals surface area (Å²) in [5, 5.41) is 2.83. The monoisotopic (exact) mass is 354 g/mol. The molecule has 9 heteroatoms. The van der Waals surface area contributed by atoms with E-state index in [4.69, 9.17) is 9.47 Å². The van der Waals surface area contributed by atoms with Crippen LogP contribution < -0.4 is 16.6 Å². The molecule has 1 saturated heterocycles. The van der Waals surface area contributed by atoms with E-state index in [9.17, 15) is 14.4 Å². The fraction of sp³-hybridized carbons (Fsp3) is 0.688. The smallest absolute Gasteiger partial charge is 0.331 e. The number of aromatic nitrogens is 2. The minimum absolute atomic E-state index is 0.0192. The van der Waals surface area contributed by atoms with Gasteiger partial charge in [-0.2, -0.15) is 0 Å². The first-order valence-corrected chi connectivity index (χ1v) is 8.23. The topological polar surface area (TPSA) is 94.8 Å². The van der Waals surface area contributed by atoms with Gasteiger partial charge in [0.1, 0.15) is 5.69 Å². The highest BCUT2D eigenvalue weighted by atomic mass is 16.5. The third-order valence-corrected chi connectivity index (χ3v) is 4.24. The van der Waals surface area contributed by atoms with Gasteiger partial charge >= 0.3 is 5.69 Å². The van der Waals surface area contributed by atoms with Gasteiger partial charge in [0.05, 0.1) is 25.4 Å². The SMILES string of the molecule is CN(C)CCO[C@@H]1CCOC[C@@H]1NC(=O)c1cc(=O)n(C)c(=O)n1C. The van der Waals surface area contributed by atoms with E-state index in [-0.39, 0.29) is 17.8 Å². The number of amides is 1. The summed E-state index contributed by atoms with van der Waals surface area (Å²) in [6, 6.07) is 0.824. The maximum Gasteiger partial charge on any atom is 0.331 e. The van der Waals surface area contributed by atoms with E-state index < -0.39 is 17.2 Å². The van der Waals surface area contributed by atoms with Gasteiger partial charge in [0.25, 0.3) is 11.5 Å². The zero-order chi connectivity index (χ0) is 18.6. The summed E-state index contributed by atoms with van der Waals surface area (Å²) in [6.45, 7) is 2.23. The van der Waals surface area contributed by atoms with Crippen LogP contribution in [0.25, 0.3) is 0 Å². The Labute approximate surface area is 146 Å². The first kappa shape index (κ1) is 19.4. The van der Waals surface area contributed by atoms with E-state index in [1.807, 2.05) is 19.0 Å². The minimum atomic E-state index is -0.545. The van der Waals surface area contributed by atoms with Gasteiger partial charge in [-0.25, -0.2) is 4.79 Å². The molecular formula is C16H26N4O5. The number of rotatable bonds is 6. The molecule has 2 atom stereocenters. The highest BCUT2D eigenvalue weighted by Gasteiger charge is 2.29. The van der Waals surface area contributed by atoms with E-state index in [0.717, 1.165) is 21.7 Å². The van der Waals surface area contributed by atoms with Crippen molar-refractivity contribution in [2.45, 2.75) is 18.6 Å². The number of likely N-dealkylation sites (N-methyl/N-ethyl adjacent to an activating group) is 1. The van der Waals surface area contributed by atoms with Crippen molar-refractivity contribution in [1.82, 2.24) is 19.4 Å². The van der Waals surface area contributed by atoms with E-state index in [1.165, 1.54) is 14.1 Å². The number of hydrogen-bond acceptors (Lipinski definition) is 6. The fourth-order valence-electron chi connectivity index (χ4n) is 2.63. The van der Waals surface area contributed by atoms with Crippen molar-refractivity contribution in [3.05, 3.63) is 32.6 Å². The predicted molar refractivity (Wildman–Crippen MR) is 91.9 cm³/mol. The summed E-state index contributed by atoms with van der Waals surface area (Å²) in [5.74, 6) is -0.492. The second kappa shape index (κ2) is 8.41. The molecule has 1 aliphatic heterocycles. The Morgan fingerprint density at radius 1 is 1.36 bits per heavy atom. The van der Waals surface area contributed by atoms with Crippen LogP contribution in [0, 0.1) is 0 Å². The Kier molecular flexibility index (Phi) is 6.51. The van der Waals surface area contributed by atoms with E-state index in [1.54, 1.807) is 0 Å². The van der Waals surface area contributed by atoms with Crippen molar-refractivity contribution in [1.29, 1.82) is 0 Å². The molecule has 2 rings (SSSR count). The average Bonchev–Trinajstić information content (AvgIpc) is 2.57. The molecule has 1 fully saturated rings.